The second kappa shape index (κ2) is 5.57. The summed E-state index contributed by atoms with van der Waals surface area (Å²) in [6.45, 7) is 2.18. The highest BCUT2D eigenvalue weighted by Gasteiger charge is 2.19. The van der Waals surface area contributed by atoms with Crippen molar-refractivity contribution >= 4 is 17.5 Å². The molecule has 0 aromatic carbocycles. The third-order valence-electron chi connectivity index (χ3n) is 3.09. The van der Waals surface area contributed by atoms with Crippen molar-refractivity contribution in [3.05, 3.63) is 45.4 Å². The van der Waals surface area contributed by atoms with Gasteiger partial charge in [0.2, 0.25) is 5.82 Å². The molecule has 110 valence electrons. The molecular weight excluding hydrogens is 278 g/mol. The number of aryl methyl sites for hydroxylation is 1. The maximum Gasteiger partial charge on any atom is 0.337 e. The van der Waals surface area contributed by atoms with Gasteiger partial charge in [0.25, 0.3) is 0 Å². The number of anilines is 1. The van der Waals surface area contributed by atoms with E-state index in [9.17, 15) is 14.9 Å². The van der Waals surface area contributed by atoms with Crippen LogP contribution in [-0.4, -0.2) is 30.8 Å². The zero-order valence-electron chi connectivity index (χ0n) is 11.4. The molecule has 0 spiro atoms. The van der Waals surface area contributed by atoms with Gasteiger partial charge in [-0.3, -0.25) is 14.8 Å². The van der Waals surface area contributed by atoms with Crippen molar-refractivity contribution in [1.82, 2.24) is 14.8 Å². The largest absolute Gasteiger partial charge is 0.478 e. The number of rotatable bonds is 5. The molecule has 0 fully saturated rings. The number of nitro groups is 1. The lowest BCUT2D eigenvalue weighted by molar-refractivity contribution is -0.384. The number of hydrogen-bond acceptors (Lipinski definition) is 6. The molecule has 2 aromatic heterocycles. The second-order valence-corrected chi connectivity index (χ2v) is 4.39. The minimum Gasteiger partial charge on any atom is -0.478 e. The number of pyridine rings is 1. The average Bonchev–Trinajstić information content (AvgIpc) is 2.76. The molecule has 2 N–H and O–H groups in total. The average molecular weight is 291 g/mol. The van der Waals surface area contributed by atoms with Gasteiger partial charge >= 0.3 is 11.7 Å². The summed E-state index contributed by atoms with van der Waals surface area (Å²) in [6.07, 6.45) is 2.73. The molecule has 0 aliphatic rings. The Labute approximate surface area is 119 Å². The number of carbonyl (C=O) groups is 1. The first-order valence-corrected chi connectivity index (χ1v) is 5.99. The number of carboxylic acids is 1. The quantitative estimate of drug-likeness (QED) is 0.629. The van der Waals surface area contributed by atoms with Crippen molar-refractivity contribution in [2.75, 3.05) is 5.32 Å². The third-order valence-corrected chi connectivity index (χ3v) is 3.09. The fourth-order valence-electron chi connectivity index (χ4n) is 1.74. The minimum absolute atomic E-state index is 0.0215. The molecule has 2 heterocycles. The Bertz CT molecular complexity index is 710. The maximum absolute atomic E-state index is 11.0. The predicted octanol–water partition coefficient (Wildman–Crippen LogP) is 1.34. The third kappa shape index (κ3) is 2.96. The van der Waals surface area contributed by atoms with Gasteiger partial charge in [0.15, 0.2) is 0 Å². The Kier molecular flexibility index (Phi) is 3.83. The van der Waals surface area contributed by atoms with Gasteiger partial charge in [0.05, 0.1) is 16.7 Å². The van der Waals surface area contributed by atoms with Crippen LogP contribution in [0.1, 0.15) is 21.6 Å². The van der Waals surface area contributed by atoms with Crippen LogP contribution in [0.5, 0.6) is 0 Å². The monoisotopic (exact) mass is 291 g/mol. The van der Waals surface area contributed by atoms with E-state index < -0.39 is 10.9 Å². The van der Waals surface area contributed by atoms with E-state index in [4.69, 9.17) is 5.11 Å². The normalized spacial score (nSPS) is 10.4. The van der Waals surface area contributed by atoms with Gasteiger partial charge in [0.1, 0.15) is 0 Å². The van der Waals surface area contributed by atoms with Crippen LogP contribution in [0.2, 0.25) is 0 Å². The molecule has 0 radical (unpaired) electrons. The highest BCUT2D eigenvalue weighted by Crippen LogP contribution is 2.23. The van der Waals surface area contributed by atoms with Crippen molar-refractivity contribution < 1.29 is 14.8 Å². The zero-order chi connectivity index (χ0) is 15.6. The second-order valence-electron chi connectivity index (χ2n) is 4.39. The fourth-order valence-corrected chi connectivity index (χ4v) is 1.74. The highest BCUT2D eigenvalue weighted by molar-refractivity contribution is 5.88. The van der Waals surface area contributed by atoms with Gasteiger partial charge in [-0.15, -0.1) is 0 Å². The lowest BCUT2D eigenvalue weighted by Gasteiger charge is -2.06. The smallest absolute Gasteiger partial charge is 0.337 e. The molecule has 0 aliphatic carbocycles. The molecule has 9 nitrogen and oxygen atoms in total. The van der Waals surface area contributed by atoms with Crippen LogP contribution in [0.15, 0.2) is 18.5 Å². The Morgan fingerprint density at radius 2 is 2.24 bits per heavy atom. The van der Waals surface area contributed by atoms with Crippen molar-refractivity contribution in [2.24, 2.45) is 7.05 Å². The Balaban J connectivity index is 2.25. The van der Waals surface area contributed by atoms with E-state index in [0.29, 0.717) is 6.54 Å². The number of aromatic nitrogens is 3. The molecular formula is C12H13N5O4. The van der Waals surface area contributed by atoms with E-state index in [1.54, 1.807) is 17.9 Å². The molecule has 9 heteroatoms. The lowest BCUT2D eigenvalue weighted by atomic mass is 10.2. The van der Waals surface area contributed by atoms with E-state index in [1.807, 2.05) is 6.92 Å². The van der Waals surface area contributed by atoms with Gasteiger partial charge in [-0.1, -0.05) is 0 Å². The van der Waals surface area contributed by atoms with Crippen molar-refractivity contribution in [3.63, 3.8) is 0 Å². The summed E-state index contributed by atoms with van der Waals surface area (Å²) in [5.41, 5.74) is 1.18. The predicted molar refractivity (Wildman–Crippen MR) is 73.1 cm³/mol. The van der Waals surface area contributed by atoms with Crippen LogP contribution < -0.4 is 5.32 Å². The van der Waals surface area contributed by atoms with Gasteiger partial charge in [-0.05, 0) is 6.92 Å². The van der Waals surface area contributed by atoms with Crippen LogP contribution >= 0.6 is 0 Å². The van der Waals surface area contributed by atoms with Gasteiger partial charge in [-0.2, -0.15) is 5.10 Å². The van der Waals surface area contributed by atoms with Gasteiger partial charge in [0, 0.05) is 37.1 Å². The lowest BCUT2D eigenvalue weighted by Crippen LogP contribution is -2.07. The van der Waals surface area contributed by atoms with Crippen LogP contribution in [0, 0.1) is 17.0 Å². The number of hydrogen-bond donors (Lipinski definition) is 2. The highest BCUT2D eigenvalue weighted by atomic mass is 16.6. The number of aromatic carboxylic acids is 1. The first kappa shape index (κ1) is 14.4. The molecule has 0 unspecified atom stereocenters. The van der Waals surface area contributed by atoms with Crippen molar-refractivity contribution in [3.8, 4) is 0 Å². The summed E-state index contributed by atoms with van der Waals surface area (Å²) in [5.74, 6) is -1.24. The van der Waals surface area contributed by atoms with Gasteiger partial charge < -0.3 is 10.4 Å². The topological polar surface area (TPSA) is 123 Å². The zero-order valence-corrected chi connectivity index (χ0v) is 11.4. The Morgan fingerprint density at radius 1 is 1.52 bits per heavy atom. The molecule has 0 amide bonds. The molecule has 0 atom stereocenters. The summed E-state index contributed by atoms with van der Waals surface area (Å²) >= 11 is 0. The van der Waals surface area contributed by atoms with E-state index >= 15 is 0 Å². The fraction of sp³-hybridized carbons (Fsp3) is 0.250. The van der Waals surface area contributed by atoms with Crippen LogP contribution in [0.3, 0.4) is 0 Å². The number of nitrogens with zero attached hydrogens (tertiary/aromatic N) is 4. The van der Waals surface area contributed by atoms with Crippen molar-refractivity contribution in [1.29, 1.82) is 0 Å². The van der Waals surface area contributed by atoms with E-state index in [2.05, 4.69) is 15.4 Å². The van der Waals surface area contributed by atoms with E-state index in [-0.39, 0.29) is 17.1 Å². The van der Waals surface area contributed by atoms with Crippen LogP contribution in [0.4, 0.5) is 11.5 Å². The number of nitrogens with one attached hydrogen (secondary N) is 1. The van der Waals surface area contributed by atoms with Gasteiger partial charge in [-0.25, -0.2) is 9.78 Å². The summed E-state index contributed by atoms with van der Waals surface area (Å²) in [4.78, 5) is 25.0. The minimum atomic E-state index is -1.26. The summed E-state index contributed by atoms with van der Waals surface area (Å²) in [7, 11) is 1.79. The van der Waals surface area contributed by atoms with E-state index in [0.717, 1.165) is 23.5 Å². The summed E-state index contributed by atoms with van der Waals surface area (Å²) in [6, 6.07) is 0.980. The molecule has 0 saturated heterocycles. The standard InChI is InChI=1S/C12H13N5O4/c1-7-9(6-15-16(7)2)5-14-11-10(17(20)21)3-8(4-13-11)12(18)19/h3-4,6H,5H2,1-2H3,(H,13,14)(H,18,19). The maximum atomic E-state index is 11.0. The van der Waals surface area contributed by atoms with Crippen molar-refractivity contribution in [2.45, 2.75) is 13.5 Å². The summed E-state index contributed by atoms with van der Waals surface area (Å²) in [5, 5.41) is 26.7. The van der Waals surface area contributed by atoms with Crippen LogP contribution in [-0.2, 0) is 13.6 Å². The SMILES string of the molecule is Cc1c(CNc2ncc(C(=O)O)cc2[N+](=O)[O-])cnn1C. The Hall–Kier alpha value is -2.97. The molecule has 2 rings (SSSR count). The van der Waals surface area contributed by atoms with Crippen LogP contribution in [0.25, 0.3) is 0 Å². The molecule has 0 saturated carbocycles. The first-order valence-electron chi connectivity index (χ1n) is 5.99. The molecule has 21 heavy (non-hydrogen) atoms. The summed E-state index contributed by atoms with van der Waals surface area (Å²) < 4.78 is 1.69. The molecule has 0 aliphatic heterocycles. The Morgan fingerprint density at radius 3 is 2.76 bits per heavy atom. The molecule has 0 bridgehead atoms. The van der Waals surface area contributed by atoms with E-state index in [1.165, 1.54) is 0 Å². The molecule has 2 aromatic rings. The number of carboxylic acid groups (broad SMARTS) is 1. The first-order chi connectivity index (χ1) is 9.90.